The first-order valence-electron chi connectivity index (χ1n) is 4.39. The van der Waals surface area contributed by atoms with Crippen LogP contribution in [-0.4, -0.2) is 24.8 Å². The summed E-state index contributed by atoms with van der Waals surface area (Å²) >= 11 is 0. The van der Waals surface area contributed by atoms with Crippen LogP contribution in [0.25, 0.3) is 0 Å². The van der Waals surface area contributed by atoms with Gasteiger partial charge in [0.2, 0.25) is 0 Å². The largest absolute Gasteiger partial charge is 0.303 e. The average Bonchev–Trinajstić information content (AvgIpc) is 2.04. The van der Waals surface area contributed by atoms with Gasteiger partial charge in [0.25, 0.3) is 0 Å². The summed E-state index contributed by atoms with van der Waals surface area (Å²) in [6, 6.07) is 8.39. The van der Waals surface area contributed by atoms with Gasteiger partial charge in [0, 0.05) is 14.1 Å². The van der Waals surface area contributed by atoms with E-state index in [0.29, 0.717) is 0 Å². The molecule has 0 aromatic heterocycles. The Kier molecular flexibility index (Phi) is 3.07. The third kappa shape index (κ3) is 2.90. The summed E-state index contributed by atoms with van der Waals surface area (Å²) in [5.41, 5.74) is 3.51. The molecule has 0 heterocycles. The van der Waals surface area contributed by atoms with Crippen LogP contribution in [0.2, 0.25) is 0 Å². The molecule has 0 N–H and O–H groups in total. The van der Waals surface area contributed by atoms with E-state index in [4.69, 9.17) is 0 Å². The lowest BCUT2D eigenvalue weighted by atomic mass is 10.1. The van der Waals surface area contributed by atoms with Crippen LogP contribution >= 0.6 is 0 Å². The Hall–Kier alpha value is -1.31. The van der Waals surface area contributed by atoms with Gasteiger partial charge in [-0.2, -0.15) is 5.10 Å². The van der Waals surface area contributed by atoms with Crippen LogP contribution < -0.4 is 0 Å². The topological polar surface area (TPSA) is 15.6 Å². The third-order valence-corrected chi connectivity index (χ3v) is 1.82. The molecule has 2 nitrogen and oxygen atoms in total. The highest BCUT2D eigenvalue weighted by atomic mass is 15.4. The van der Waals surface area contributed by atoms with Crippen molar-refractivity contribution in [3.8, 4) is 0 Å². The van der Waals surface area contributed by atoms with Crippen molar-refractivity contribution in [2.45, 2.75) is 13.8 Å². The number of benzene rings is 1. The number of aryl methyl sites for hydroxylation is 1. The Morgan fingerprint density at radius 1 is 1.15 bits per heavy atom. The maximum atomic E-state index is 4.33. The normalized spacial score (nSPS) is 11.5. The summed E-state index contributed by atoms with van der Waals surface area (Å²) in [6.45, 7) is 4.10. The number of rotatable bonds is 2. The molecule has 70 valence electrons. The Labute approximate surface area is 79.9 Å². The molecule has 0 aliphatic rings. The van der Waals surface area contributed by atoms with Gasteiger partial charge in [-0.3, -0.25) is 0 Å². The Balaban J connectivity index is 2.89. The molecule has 1 rings (SSSR count). The molecule has 0 unspecified atom stereocenters. The highest BCUT2D eigenvalue weighted by Gasteiger charge is 1.96. The third-order valence-electron chi connectivity index (χ3n) is 1.82. The summed E-state index contributed by atoms with van der Waals surface area (Å²) < 4.78 is 0. The highest BCUT2D eigenvalue weighted by Crippen LogP contribution is 2.04. The molecule has 0 aliphatic carbocycles. The zero-order valence-electron chi connectivity index (χ0n) is 8.70. The van der Waals surface area contributed by atoms with Crippen LogP contribution in [0.5, 0.6) is 0 Å². The first kappa shape index (κ1) is 9.78. The minimum absolute atomic E-state index is 1.05. The molecule has 0 spiro atoms. The molecule has 0 fully saturated rings. The van der Waals surface area contributed by atoms with E-state index in [2.05, 4.69) is 36.3 Å². The van der Waals surface area contributed by atoms with Crippen LogP contribution in [-0.2, 0) is 0 Å². The lowest BCUT2D eigenvalue weighted by molar-refractivity contribution is 0.438. The fraction of sp³-hybridized carbons (Fsp3) is 0.364. The lowest BCUT2D eigenvalue weighted by Crippen LogP contribution is -2.07. The Morgan fingerprint density at radius 2 is 1.69 bits per heavy atom. The lowest BCUT2D eigenvalue weighted by Gasteiger charge is -2.07. The van der Waals surface area contributed by atoms with E-state index in [1.54, 1.807) is 0 Å². The summed E-state index contributed by atoms with van der Waals surface area (Å²) in [5.74, 6) is 0. The minimum atomic E-state index is 1.05. The van der Waals surface area contributed by atoms with Crippen molar-refractivity contribution in [1.29, 1.82) is 0 Å². The minimum Gasteiger partial charge on any atom is -0.303 e. The van der Waals surface area contributed by atoms with Crippen molar-refractivity contribution in [2.24, 2.45) is 5.10 Å². The van der Waals surface area contributed by atoms with Gasteiger partial charge in [-0.25, -0.2) is 0 Å². The fourth-order valence-electron chi connectivity index (χ4n) is 1.15. The molecule has 0 atom stereocenters. The van der Waals surface area contributed by atoms with Gasteiger partial charge in [-0.15, -0.1) is 0 Å². The van der Waals surface area contributed by atoms with Gasteiger partial charge >= 0.3 is 0 Å². The van der Waals surface area contributed by atoms with Gasteiger partial charge in [0.05, 0.1) is 5.71 Å². The van der Waals surface area contributed by atoms with E-state index >= 15 is 0 Å². The fourth-order valence-corrected chi connectivity index (χ4v) is 1.15. The molecule has 0 amide bonds. The zero-order valence-corrected chi connectivity index (χ0v) is 8.70. The number of hydrogen-bond donors (Lipinski definition) is 0. The van der Waals surface area contributed by atoms with Crippen LogP contribution in [0.3, 0.4) is 0 Å². The molecule has 1 aromatic rings. The Bertz CT molecular complexity index is 296. The molecular weight excluding hydrogens is 160 g/mol. The van der Waals surface area contributed by atoms with Crippen LogP contribution in [0.1, 0.15) is 18.1 Å². The van der Waals surface area contributed by atoms with Crippen molar-refractivity contribution in [3.05, 3.63) is 35.4 Å². The number of hydrogen-bond acceptors (Lipinski definition) is 2. The number of hydrazone groups is 1. The second-order valence-corrected chi connectivity index (χ2v) is 3.40. The van der Waals surface area contributed by atoms with Crippen molar-refractivity contribution >= 4 is 5.71 Å². The van der Waals surface area contributed by atoms with E-state index in [9.17, 15) is 0 Å². The quantitative estimate of drug-likeness (QED) is 0.498. The molecular formula is C11H16N2. The summed E-state index contributed by atoms with van der Waals surface area (Å²) in [7, 11) is 3.86. The van der Waals surface area contributed by atoms with Crippen molar-refractivity contribution in [1.82, 2.24) is 5.01 Å². The molecule has 2 heteroatoms. The summed E-state index contributed by atoms with van der Waals surface area (Å²) in [4.78, 5) is 0. The molecule has 13 heavy (non-hydrogen) atoms. The molecule has 0 saturated carbocycles. The maximum absolute atomic E-state index is 4.33. The molecule has 1 aromatic carbocycles. The van der Waals surface area contributed by atoms with Crippen molar-refractivity contribution in [3.63, 3.8) is 0 Å². The first-order valence-corrected chi connectivity index (χ1v) is 4.39. The molecule has 0 saturated heterocycles. The second-order valence-electron chi connectivity index (χ2n) is 3.40. The maximum Gasteiger partial charge on any atom is 0.0646 e. The van der Waals surface area contributed by atoms with Gasteiger partial charge in [-0.1, -0.05) is 29.8 Å². The van der Waals surface area contributed by atoms with E-state index in [1.807, 2.05) is 26.0 Å². The average molecular weight is 176 g/mol. The summed E-state index contributed by atoms with van der Waals surface area (Å²) in [6.07, 6.45) is 0. The van der Waals surface area contributed by atoms with Crippen molar-refractivity contribution < 1.29 is 0 Å². The Morgan fingerprint density at radius 3 is 2.15 bits per heavy atom. The van der Waals surface area contributed by atoms with E-state index in [-0.39, 0.29) is 0 Å². The predicted octanol–water partition coefficient (Wildman–Crippen LogP) is 2.28. The van der Waals surface area contributed by atoms with Gasteiger partial charge in [0.1, 0.15) is 0 Å². The standard InChI is InChI=1S/C11H16N2/c1-9-5-7-11(8-6-9)10(2)12-13(3)4/h5-8H,1-4H3/b12-10+. The molecule has 0 radical (unpaired) electrons. The first-order chi connectivity index (χ1) is 6.09. The monoisotopic (exact) mass is 176 g/mol. The SMILES string of the molecule is C/C(=N\N(C)C)c1ccc(C)cc1. The summed E-state index contributed by atoms with van der Waals surface area (Å²) in [5, 5.41) is 6.14. The molecule has 0 bridgehead atoms. The molecule has 0 aliphatic heterocycles. The van der Waals surface area contributed by atoms with Crippen molar-refractivity contribution in [2.75, 3.05) is 14.1 Å². The van der Waals surface area contributed by atoms with Gasteiger partial charge < -0.3 is 5.01 Å². The van der Waals surface area contributed by atoms with Gasteiger partial charge in [0.15, 0.2) is 0 Å². The van der Waals surface area contributed by atoms with E-state index in [0.717, 1.165) is 5.71 Å². The smallest absolute Gasteiger partial charge is 0.0646 e. The predicted molar refractivity (Wildman–Crippen MR) is 57.1 cm³/mol. The number of nitrogens with zero attached hydrogens (tertiary/aromatic N) is 2. The van der Waals surface area contributed by atoms with Crippen LogP contribution in [0, 0.1) is 6.92 Å². The van der Waals surface area contributed by atoms with Crippen LogP contribution in [0.4, 0.5) is 0 Å². The van der Waals surface area contributed by atoms with Crippen LogP contribution in [0.15, 0.2) is 29.4 Å². The van der Waals surface area contributed by atoms with E-state index < -0.39 is 0 Å². The highest BCUT2D eigenvalue weighted by molar-refractivity contribution is 5.98. The van der Waals surface area contributed by atoms with E-state index in [1.165, 1.54) is 11.1 Å². The van der Waals surface area contributed by atoms with Gasteiger partial charge in [-0.05, 0) is 19.4 Å². The zero-order chi connectivity index (χ0) is 9.84. The second kappa shape index (κ2) is 4.08.